The molecule has 2 aromatic carbocycles. The Kier molecular flexibility index (Phi) is 4.97. The molecule has 3 heteroatoms. The average Bonchev–Trinajstić information content (AvgIpc) is 2.46. The second kappa shape index (κ2) is 6.71. The molecule has 1 nitrogen and oxygen atoms in total. The van der Waals surface area contributed by atoms with E-state index in [9.17, 15) is 4.39 Å². The van der Waals surface area contributed by atoms with Crippen molar-refractivity contribution in [3.63, 3.8) is 0 Å². The van der Waals surface area contributed by atoms with Crippen LogP contribution in [0.4, 0.5) is 10.1 Å². The summed E-state index contributed by atoms with van der Waals surface area (Å²) in [6, 6.07) is 17.2. The maximum atomic E-state index is 13.7. The van der Waals surface area contributed by atoms with Crippen LogP contribution >= 0.6 is 15.9 Å². The van der Waals surface area contributed by atoms with E-state index in [1.54, 1.807) is 6.07 Å². The zero-order chi connectivity index (χ0) is 13.7. The lowest BCUT2D eigenvalue weighted by atomic mass is 10.0. The standard InChI is InChI=1S/C16H17BrFN/c1-19(16-10-6-5-9-15(16)18)12-14(11-17)13-7-3-2-4-8-13/h2-10,14H,11-12H2,1H3. The van der Waals surface area contributed by atoms with Gasteiger partial charge in [0, 0.05) is 24.8 Å². The highest BCUT2D eigenvalue weighted by molar-refractivity contribution is 9.09. The van der Waals surface area contributed by atoms with Crippen LogP contribution in [0, 0.1) is 5.82 Å². The lowest BCUT2D eigenvalue weighted by Crippen LogP contribution is -2.25. The molecule has 1 unspecified atom stereocenters. The summed E-state index contributed by atoms with van der Waals surface area (Å²) in [6.45, 7) is 0.774. The number of hydrogen-bond acceptors (Lipinski definition) is 1. The Balaban J connectivity index is 2.13. The van der Waals surface area contributed by atoms with Gasteiger partial charge in [-0.05, 0) is 17.7 Å². The first-order chi connectivity index (χ1) is 9.22. The molecule has 100 valence electrons. The SMILES string of the molecule is CN(CC(CBr)c1ccccc1)c1ccccc1F. The second-order valence-electron chi connectivity index (χ2n) is 4.59. The van der Waals surface area contributed by atoms with Crippen LogP contribution in [0.1, 0.15) is 11.5 Å². The van der Waals surface area contributed by atoms with E-state index in [0.29, 0.717) is 11.6 Å². The summed E-state index contributed by atoms with van der Waals surface area (Å²) in [5.74, 6) is 0.164. The summed E-state index contributed by atoms with van der Waals surface area (Å²) in [4.78, 5) is 1.97. The molecule has 0 heterocycles. The fourth-order valence-electron chi connectivity index (χ4n) is 2.16. The summed E-state index contributed by atoms with van der Waals surface area (Å²) in [6.07, 6.45) is 0. The highest BCUT2D eigenvalue weighted by atomic mass is 79.9. The number of likely N-dealkylation sites (N-methyl/N-ethyl adjacent to an activating group) is 1. The molecule has 0 saturated carbocycles. The van der Waals surface area contributed by atoms with Gasteiger partial charge in [0.05, 0.1) is 5.69 Å². The number of anilines is 1. The van der Waals surface area contributed by atoms with Gasteiger partial charge in [-0.1, -0.05) is 58.4 Å². The van der Waals surface area contributed by atoms with Crippen molar-refractivity contribution in [1.29, 1.82) is 0 Å². The van der Waals surface area contributed by atoms with Gasteiger partial charge in [0.2, 0.25) is 0 Å². The second-order valence-corrected chi connectivity index (χ2v) is 5.24. The van der Waals surface area contributed by atoms with Gasteiger partial charge in [0.1, 0.15) is 5.82 Å². The third kappa shape index (κ3) is 3.57. The minimum atomic E-state index is -0.175. The van der Waals surface area contributed by atoms with Crippen molar-refractivity contribution < 1.29 is 4.39 Å². The smallest absolute Gasteiger partial charge is 0.146 e. The average molecular weight is 322 g/mol. The molecule has 2 rings (SSSR count). The molecule has 0 fully saturated rings. The highest BCUT2D eigenvalue weighted by Gasteiger charge is 2.14. The molecule has 0 N–H and O–H groups in total. The first-order valence-electron chi connectivity index (χ1n) is 6.29. The Morgan fingerprint density at radius 3 is 2.32 bits per heavy atom. The van der Waals surface area contributed by atoms with Crippen molar-refractivity contribution in [3.05, 3.63) is 66.0 Å². The quantitative estimate of drug-likeness (QED) is 0.736. The van der Waals surface area contributed by atoms with Crippen molar-refractivity contribution in [2.24, 2.45) is 0 Å². The van der Waals surface area contributed by atoms with Crippen molar-refractivity contribution in [2.45, 2.75) is 5.92 Å². The highest BCUT2D eigenvalue weighted by Crippen LogP contribution is 2.23. The normalized spacial score (nSPS) is 12.2. The van der Waals surface area contributed by atoms with E-state index < -0.39 is 0 Å². The third-order valence-corrected chi connectivity index (χ3v) is 4.00. The molecule has 0 aliphatic rings. The number of benzene rings is 2. The summed E-state index contributed by atoms with van der Waals surface area (Å²) in [5, 5.41) is 0.857. The van der Waals surface area contributed by atoms with Gasteiger partial charge >= 0.3 is 0 Å². The summed E-state index contributed by atoms with van der Waals surface area (Å²) < 4.78 is 13.7. The monoisotopic (exact) mass is 321 g/mol. The summed E-state index contributed by atoms with van der Waals surface area (Å²) in [7, 11) is 1.93. The topological polar surface area (TPSA) is 3.24 Å². The molecule has 0 aliphatic heterocycles. The zero-order valence-corrected chi connectivity index (χ0v) is 12.5. The van der Waals surface area contributed by atoms with E-state index in [-0.39, 0.29) is 5.82 Å². The molecule has 0 amide bonds. The maximum absolute atomic E-state index is 13.7. The lowest BCUT2D eigenvalue weighted by molar-refractivity contribution is 0.618. The van der Waals surface area contributed by atoms with E-state index in [2.05, 4.69) is 28.1 Å². The number of hydrogen-bond donors (Lipinski definition) is 0. The molecule has 0 aliphatic carbocycles. The molecule has 0 spiro atoms. The fourth-order valence-corrected chi connectivity index (χ4v) is 2.74. The predicted molar refractivity (Wildman–Crippen MR) is 82.6 cm³/mol. The Morgan fingerprint density at radius 2 is 1.68 bits per heavy atom. The molecule has 19 heavy (non-hydrogen) atoms. The molecule has 0 aromatic heterocycles. The van der Waals surface area contributed by atoms with E-state index in [4.69, 9.17) is 0 Å². The Hall–Kier alpha value is -1.35. The lowest BCUT2D eigenvalue weighted by Gasteiger charge is -2.25. The molecule has 1 atom stereocenters. The summed E-state index contributed by atoms with van der Waals surface area (Å²) in [5.41, 5.74) is 1.91. The van der Waals surface area contributed by atoms with Crippen molar-refractivity contribution >= 4 is 21.6 Å². The van der Waals surface area contributed by atoms with Gasteiger partial charge in [0.25, 0.3) is 0 Å². The van der Waals surface area contributed by atoms with Crippen LogP contribution in [0.2, 0.25) is 0 Å². The van der Waals surface area contributed by atoms with Crippen LogP contribution in [0.15, 0.2) is 54.6 Å². The maximum Gasteiger partial charge on any atom is 0.146 e. The Morgan fingerprint density at radius 1 is 1.05 bits per heavy atom. The van der Waals surface area contributed by atoms with E-state index in [1.165, 1.54) is 11.6 Å². The molecule has 2 aromatic rings. The van der Waals surface area contributed by atoms with E-state index >= 15 is 0 Å². The van der Waals surface area contributed by atoms with Crippen LogP contribution in [-0.4, -0.2) is 18.9 Å². The fraction of sp³-hybridized carbons (Fsp3) is 0.250. The van der Waals surface area contributed by atoms with Crippen LogP contribution < -0.4 is 4.90 Å². The minimum Gasteiger partial charge on any atom is -0.372 e. The van der Waals surface area contributed by atoms with E-state index in [0.717, 1.165) is 11.9 Å². The first kappa shape index (κ1) is 14.1. The van der Waals surface area contributed by atoms with Gasteiger partial charge in [-0.25, -0.2) is 4.39 Å². The summed E-state index contributed by atoms with van der Waals surface area (Å²) >= 11 is 3.55. The molecular weight excluding hydrogens is 305 g/mol. The van der Waals surface area contributed by atoms with Crippen LogP contribution in [-0.2, 0) is 0 Å². The number of halogens is 2. The number of nitrogens with zero attached hydrogens (tertiary/aromatic N) is 1. The largest absolute Gasteiger partial charge is 0.372 e. The zero-order valence-electron chi connectivity index (χ0n) is 10.9. The van der Waals surface area contributed by atoms with Crippen molar-refractivity contribution in [1.82, 2.24) is 0 Å². The molecule has 0 bridgehead atoms. The van der Waals surface area contributed by atoms with Crippen LogP contribution in [0.25, 0.3) is 0 Å². The van der Waals surface area contributed by atoms with Crippen LogP contribution in [0.5, 0.6) is 0 Å². The number of alkyl halides is 1. The molecule has 0 saturated heterocycles. The van der Waals surface area contributed by atoms with Crippen molar-refractivity contribution in [2.75, 3.05) is 23.8 Å². The van der Waals surface area contributed by atoms with Gasteiger partial charge in [-0.3, -0.25) is 0 Å². The van der Waals surface area contributed by atoms with Gasteiger partial charge in [-0.2, -0.15) is 0 Å². The molecular formula is C16H17BrFN. The van der Waals surface area contributed by atoms with E-state index in [1.807, 2.05) is 42.3 Å². The van der Waals surface area contributed by atoms with Crippen molar-refractivity contribution in [3.8, 4) is 0 Å². The Bertz CT molecular complexity index is 515. The van der Waals surface area contributed by atoms with Gasteiger partial charge in [-0.15, -0.1) is 0 Å². The minimum absolute atomic E-state index is 0.175. The first-order valence-corrected chi connectivity index (χ1v) is 7.41. The predicted octanol–water partition coefficient (Wildman–Crippen LogP) is 4.44. The third-order valence-electron chi connectivity index (χ3n) is 3.22. The van der Waals surface area contributed by atoms with Gasteiger partial charge in [0.15, 0.2) is 0 Å². The Labute approximate surface area is 122 Å². The number of para-hydroxylation sites is 1. The van der Waals surface area contributed by atoms with Gasteiger partial charge < -0.3 is 4.90 Å². The number of rotatable bonds is 5. The van der Waals surface area contributed by atoms with Crippen LogP contribution in [0.3, 0.4) is 0 Å². The molecule has 0 radical (unpaired) electrons.